The number of nitrogens with one attached hydrogen (secondary N) is 2. The molecule has 1 aromatic rings. The van der Waals surface area contributed by atoms with Crippen LogP contribution in [0.1, 0.15) is 52.3 Å². The highest BCUT2D eigenvalue weighted by molar-refractivity contribution is 7.15. The predicted molar refractivity (Wildman–Crippen MR) is 87.9 cm³/mol. The lowest BCUT2D eigenvalue weighted by Gasteiger charge is -2.26. The molecule has 2 atom stereocenters. The van der Waals surface area contributed by atoms with E-state index in [1.54, 1.807) is 33.9 Å². The molecular formula is C15H25N3O3S. The maximum Gasteiger partial charge on any atom is 0.250 e. The summed E-state index contributed by atoms with van der Waals surface area (Å²) in [5, 5.41) is 15.6. The van der Waals surface area contributed by atoms with Crippen molar-refractivity contribution in [3.05, 3.63) is 11.1 Å². The molecule has 0 aliphatic heterocycles. The van der Waals surface area contributed by atoms with Gasteiger partial charge in [-0.2, -0.15) is 0 Å². The molecule has 0 aliphatic rings. The Labute approximate surface area is 135 Å². The number of aliphatic hydroxyl groups excluding tert-OH is 1. The first-order chi connectivity index (χ1) is 10.0. The quantitative estimate of drug-likeness (QED) is 0.772. The zero-order valence-corrected chi connectivity index (χ0v) is 14.7. The van der Waals surface area contributed by atoms with E-state index in [9.17, 15) is 14.7 Å². The number of nitrogens with zero attached hydrogens (tertiary/aromatic N) is 1. The van der Waals surface area contributed by atoms with Crippen LogP contribution >= 0.6 is 11.3 Å². The van der Waals surface area contributed by atoms with Gasteiger partial charge < -0.3 is 15.7 Å². The molecule has 1 heterocycles. The van der Waals surface area contributed by atoms with Gasteiger partial charge in [0.15, 0.2) is 5.13 Å². The molecule has 0 bridgehead atoms. The summed E-state index contributed by atoms with van der Waals surface area (Å²) in [5.74, 6) is -0.571. The van der Waals surface area contributed by atoms with Gasteiger partial charge in [-0.05, 0) is 18.3 Å². The molecule has 7 heteroatoms. The second-order valence-electron chi connectivity index (χ2n) is 6.71. The van der Waals surface area contributed by atoms with Crippen LogP contribution in [0.4, 0.5) is 5.13 Å². The smallest absolute Gasteiger partial charge is 0.250 e. The Morgan fingerprint density at radius 1 is 1.23 bits per heavy atom. The van der Waals surface area contributed by atoms with Gasteiger partial charge >= 0.3 is 0 Å². The third-order valence-electron chi connectivity index (χ3n) is 3.14. The Bertz CT molecular complexity index is 534. The van der Waals surface area contributed by atoms with E-state index in [4.69, 9.17) is 0 Å². The van der Waals surface area contributed by atoms with Crippen molar-refractivity contribution in [1.29, 1.82) is 0 Å². The zero-order valence-electron chi connectivity index (χ0n) is 13.9. The van der Waals surface area contributed by atoms with Crippen LogP contribution in [0.15, 0.2) is 6.20 Å². The summed E-state index contributed by atoms with van der Waals surface area (Å²) in [4.78, 5) is 29.2. The van der Waals surface area contributed by atoms with Gasteiger partial charge in [0.1, 0.15) is 12.1 Å². The normalized spacial score (nSPS) is 14.5. The number of hydrogen-bond acceptors (Lipinski definition) is 5. The Morgan fingerprint density at radius 3 is 2.27 bits per heavy atom. The van der Waals surface area contributed by atoms with Gasteiger partial charge in [0.2, 0.25) is 11.8 Å². The average Bonchev–Trinajstić information content (AvgIpc) is 2.85. The third kappa shape index (κ3) is 5.06. The molecule has 0 radical (unpaired) electrons. The number of rotatable bonds is 5. The summed E-state index contributed by atoms with van der Waals surface area (Å²) in [6.07, 6.45) is 0.563. The fourth-order valence-corrected chi connectivity index (χ4v) is 2.40. The first-order valence-corrected chi connectivity index (χ1v) is 8.09. The van der Waals surface area contributed by atoms with E-state index in [1.165, 1.54) is 11.3 Å². The molecule has 22 heavy (non-hydrogen) atoms. The van der Waals surface area contributed by atoms with Crippen LogP contribution in [-0.4, -0.2) is 34.1 Å². The highest BCUT2D eigenvalue weighted by atomic mass is 32.1. The second kappa shape index (κ2) is 7.19. The van der Waals surface area contributed by atoms with Crippen molar-refractivity contribution in [1.82, 2.24) is 10.3 Å². The van der Waals surface area contributed by atoms with E-state index in [0.717, 1.165) is 4.88 Å². The molecule has 0 aliphatic carbocycles. The Kier molecular flexibility index (Phi) is 6.08. The fraction of sp³-hybridized carbons (Fsp3) is 0.667. The molecule has 2 unspecified atom stereocenters. The van der Waals surface area contributed by atoms with E-state index < -0.39 is 23.5 Å². The first-order valence-electron chi connectivity index (χ1n) is 7.27. The van der Waals surface area contributed by atoms with E-state index in [0.29, 0.717) is 11.0 Å². The molecule has 1 aromatic heterocycles. The van der Waals surface area contributed by atoms with Gasteiger partial charge in [-0.3, -0.25) is 9.59 Å². The minimum atomic E-state index is -1.17. The molecule has 0 saturated heterocycles. The molecule has 1 rings (SSSR count). The van der Waals surface area contributed by atoms with Crippen LogP contribution in [-0.2, 0) is 9.59 Å². The summed E-state index contributed by atoms with van der Waals surface area (Å²) in [7, 11) is 0. The van der Waals surface area contributed by atoms with Crippen molar-refractivity contribution in [2.75, 3.05) is 5.32 Å². The van der Waals surface area contributed by atoms with Gasteiger partial charge in [-0.1, -0.05) is 34.6 Å². The monoisotopic (exact) mass is 327 g/mol. The number of carbonyl (C=O) groups excluding carboxylic acids is 2. The highest BCUT2D eigenvalue weighted by Crippen LogP contribution is 2.25. The van der Waals surface area contributed by atoms with Gasteiger partial charge in [-0.25, -0.2) is 4.98 Å². The lowest BCUT2D eigenvalue weighted by Crippen LogP contribution is -2.49. The van der Waals surface area contributed by atoms with Crippen molar-refractivity contribution in [3.63, 3.8) is 0 Å². The van der Waals surface area contributed by atoms with Gasteiger partial charge in [0.05, 0.1) is 0 Å². The summed E-state index contributed by atoms with van der Waals surface area (Å²) in [5.41, 5.74) is -0.582. The molecule has 0 aromatic carbocycles. The molecule has 0 fully saturated rings. The highest BCUT2D eigenvalue weighted by Gasteiger charge is 2.30. The topological polar surface area (TPSA) is 91.3 Å². The van der Waals surface area contributed by atoms with Crippen LogP contribution in [0.3, 0.4) is 0 Å². The molecule has 124 valence electrons. The maximum absolute atomic E-state index is 12.1. The molecule has 3 N–H and O–H groups in total. The second-order valence-corrected chi connectivity index (χ2v) is 7.77. The number of anilines is 1. The van der Waals surface area contributed by atoms with Gasteiger partial charge in [0, 0.05) is 11.1 Å². The Morgan fingerprint density at radius 2 is 1.82 bits per heavy atom. The summed E-state index contributed by atoms with van der Waals surface area (Å²) in [6.45, 7) is 10.9. The van der Waals surface area contributed by atoms with Crippen molar-refractivity contribution in [2.24, 2.45) is 5.41 Å². The summed E-state index contributed by atoms with van der Waals surface area (Å²) < 4.78 is 0. The SMILES string of the molecule is CC(NC(=O)C(O)C(C)(C)C)C(=O)Nc1ncc(C(C)C)s1. The maximum atomic E-state index is 12.1. The number of carbonyl (C=O) groups is 2. The van der Waals surface area contributed by atoms with Crippen LogP contribution in [0.2, 0.25) is 0 Å². The van der Waals surface area contributed by atoms with Crippen molar-refractivity contribution >= 4 is 28.3 Å². The molecule has 6 nitrogen and oxygen atoms in total. The van der Waals surface area contributed by atoms with E-state index >= 15 is 0 Å². The molecule has 0 spiro atoms. The fourth-order valence-electron chi connectivity index (χ4n) is 1.58. The van der Waals surface area contributed by atoms with Gasteiger partial charge in [-0.15, -0.1) is 11.3 Å². The average molecular weight is 327 g/mol. The zero-order chi connectivity index (χ0) is 17.1. The van der Waals surface area contributed by atoms with Crippen LogP contribution in [0.5, 0.6) is 0 Å². The number of thiazole rings is 1. The van der Waals surface area contributed by atoms with Crippen LogP contribution < -0.4 is 10.6 Å². The summed E-state index contributed by atoms with van der Waals surface area (Å²) in [6, 6.07) is -0.754. The number of amides is 2. The lowest BCUT2D eigenvalue weighted by atomic mass is 9.88. The number of aromatic nitrogens is 1. The number of hydrogen-bond donors (Lipinski definition) is 3. The van der Waals surface area contributed by atoms with E-state index in [1.807, 2.05) is 0 Å². The molecule has 0 saturated carbocycles. The van der Waals surface area contributed by atoms with Gasteiger partial charge in [0.25, 0.3) is 0 Å². The van der Waals surface area contributed by atoms with E-state index in [-0.39, 0.29) is 5.91 Å². The molecular weight excluding hydrogens is 302 g/mol. The van der Waals surface area contributed by atoms with E-state index in [2.05, 4.69) is 29.5 Å². The summed E-state index contributed by atoms with van der Waals surface area (Å²) >= 11 is 1.41. The van der Waals surface area contributed by atoms with Crippen LogP contribution in [0.25, 0.3) is 0 Å². The largest absolute Gasteiger partial charge is 0.383 e. The van der Waals surface area contributed by atoms with Crippen molar-refractivity contribution in [2.45, 2.75) is 59.6 Å². The predicted octanol–water partition coefficient (Wildman–Crippen LogP) is 2.12. The van der Waals surface area contributed by atoms with Crippen molar-refractivity contribution in [3.8, 4) is 0 Å². The first kappa shape index (κ1) is 18.6. The lowest BCUT2D eigenvalue weighted by molar-refractivity contribution is -0.137. The third-order valence-corrected chi connectivity index (χ3v) is 4.36. The van der Waals surface area contributed by atoms with Crippen molar-refractivity contribution < 1.29 is 14.7 Å². The molecule has 2 amide bonds. The Balaban J connectivity index is 2.60. The minimum Gasteiger partial charge on any atom is -0.383 e. The number of aliphatic hydroxyl groups is 1. The Hall–Kier alpha value is -1.47. The minimum absolute atomic E-state index is 0.349. The standard InChI is InChI=1S/C15H25N3O3S/c1-8(2)10-7-16-14(22-10)18-12(20)9(3)17-13(21)11(19)15(4,5)6/h7-9,11,19H,1-6H3,(H,17,21)(H,16,18,20). The van der Waals surface area contributed by atoms with Crippen LogP contribution in [0, 0.1) is 5.41 Å².